The number of carbonyl (C=O) groups is 5. The van der Waals surface area contributed by atoms with Crippen LogP contribution in [0.1, 0.15) is 268 Å². The zero-order valence-corrected chi connectivity index (χ0v) is 64.8. The summed E-state index contributed by atoms with van der Waals surface area (Å²) in [4.78, 5) is 60.5. The molecule has 8 saturated carbocycles. The SMILES string of the molecule is CCC(C)(C)C(=O)OC1(C)COC(O)(C(F)(F)F)C1(F)F.CCC(C)(C)C(=O)OC12CC3CC(C(C)(C)O)(C1)CC(C(C)(C)O)(C3)C2.CCC(C)(C)C(=O)OC12CC3CC(C(C)(C)OCC(C)(C)O)(C1)CC(C(C)(C)OCC(O)(C(F)(F)F)C(F)(F)F)(C3)C2.CCC(C)(C)C(=O)OC1COC(=O)C1. The first-order chi connectivity index (χ1) is 45.7. The Morgan fingerprint density at radius 1 is 0.485 bits per heavy atom. The molecule has 2 heterocycles. The molecule has 600 valence electrons. The molecule has 10 fully saturated rings. The molecule has 10 rings (SSSR count). The van der Waals surface area contributed by atoms with Crippen LogP contribution in [-0.2, 0) is 61.9 Å². The Hall–Kier alpha value is -3.74. The van der Waals surface area contributed by atoms with Gasteiger partial charge < -0.3 is 63.4 Å². The highest BCUT2D eigenvalue weighted by Crippen LogP contribution is 2.75. The Kier molecular flexibility index (Phi) is 24.7. The smallest absolute Gasteiger partial charge is 0.449 e. The number of aliphatic hydroxyl groups is 5. The molecule has 8 aliphatic carbocycles. The molecule has 2 saturated heterocycles. The summed E-state index contributed by atoms with van der Waals surface area (Å²) >= 11 is 0. The molecule has 103 heavy (non-hydrogen) atoms. The van der Waals surface area contributed by atoms with E-state index in [1.54, 1.807) is 34.6 Å². The second kappa shape index (κ2) is 28.3. The van der Waals surface area contributed by atoms with Gasteiger partial charge in [-0.05, 0) is 246 Å². The van der Waals surface area contributed by atoms with Gasteiger partial charge in [0.25, 0.3) is 5.60 Å². The van der Waals surface area contributed by atoms with Crippen molar-refractivity contribution >= 4 is 29.8 Å². The van der Waals surface area contributed by atoms with Crippen LogP contribution in [0.4, 0.5) is 48.3 Å². The van der Waals surface area contributed by atoms with Gasteiger partial charge in [-0.1, -0.05) is 27.7 Å². The number of esters is 5. The lowest BCUT2D eigenvalue weighted by Gasteiger charge is -2.71. The van der Waals surface area contributed by atoms with Crippen molar-refractivity contribution in [3.8, 4) is 0 Å². The molecule has 29 heteroatoms. The van der Waals surface area contributed by atoms with Gasteiger partial charge in [-0.25, -0.2) is 0 Å². The van der Waals surface area contributed by atoms with Crippen LogP contribution in [0.2, 0.25) is 0 Å². The van der Waals surface area contributed by atoms with Crippen molar-refractivity contribution in [2.75, 3.05) is 26.4 Å². The van der Waals surface area contributed by atoms with Gasteiger partial charge >= 0.3 is 60.1 Å². The van der Waals surface area contributed by atoms with Crippen LogP contribution < -0.4 is 0 Å². The number of hydrogen-bond donors (Lipinski definition) is 5. The molecule has 0 aromatic rings. The number of hydrogen-bond acceptors (Lipinski definition) is 18. The van der Waals surface area contributed by atoms with Crippen molar-refractivity contribution in [1.29, 1.82) is 0 Å². The molecule has 2 aliphatic heterocycles. The number of cyclic esters (lactones) is 1. The molecule has 9 unspecified atom stereocenters. The van der Waals surface area contributed by atoms with Crippen molar-refractivity contribution in [2.45, 2.75) is 355 Å². The lowest BCUT2D eigenvalue weighted by atomic mass is 9.37. The second-order valence-corrected chi connectivity index (χ2v) is 37.2. The molecule has 0 aromatic carbocycles. The maximum atomic E-state index is 14.0. The Balaban J connectivity index is 0.000000267. The van der Waals surface area contributed by atoms with E-state index in [9.17, 15) is 97.8 Å². The quantitative estimate of drug-likeness (QED) is 0.0383. The number of rotatable bonds is 22. The third-order valence-corrected chi connectivity index (χ3v) is 25.4. The zero-order chi connectivity index (χ0) is 80.1. The maximum absolute atomic E-state index is 14.0. The molecule has 0 aromatic heterocycles. The maximum Gasteiger partial charge on any atom is 0.449 e. The molecular weight excluding hydrogens is 1390 g/mol. The van der Waals surface area contributed by atoms with Crippen LogP contribution in [0.25, 0.3) is 0 Å². The number of carbonyl (C=O) groups excluding carboxylic acids is 5. The third kappa shape index (κ3) is 17.5. The van der Waals surface area contributed by atoms with E-state index in [2.05, 4.69) is 9.47 Å². The minimum Gasteiger partial charge on any atom is -0.462 e. The predicted octanol–water partition coefficient (Wildman–Crippen LogP) is 15.0. The van der Waals surface area contributed by atoms with Crippen LogP contribution >= 0.6 is 0 Å². The lowest BCUT2D eigenvalue weighted by molar-refractivity contribution is -0.409. The first-order valence-electron chi connectivity index (χ1n) is 35.9. The van der Waals surface area contributed by atoms with Gasteiger partial charge in [0.05, 0.1) is 75.9 Å². The fraction of sp³-hybridized carbons (Fsp3) is 0.932. The van der Waals surface area contributed by atoms with Crippen LogP contribution in [0, 0.1) is 55.2 Å². The van der Waals surface area contributed by atoms with E-state index < -0.39 is 138 Å². The van der Waals surface area contributed by atoms with E-state index in [0.717, 1.165) is 32.1 Å². The molecule has 8 bridgehead atoms. The van der Waals surface area contributed by atoms with Crippen LogP contribution in [-0.4, -0.2) is 169 Å². The average Bonchev–Trinajstić information content (AvgIpc) is 1.41. The fourth-order valence-electron chi connectivity index (χ4n) is 16.5. The molecular formula is C74H119F11O18. The standard InChI is InChI=1S/C30H48F6O6.C22H38O4.C12H17F5O4.C10H16O4/c1-10-21(2,3)20(37)42-27-13-19-11-25(15-27,23(6,7)40-17-22(4,5)38)14-26(12-19,16-27)24(8,9)41-18-28(39,29(31,32)33)30(34,35)36;1-8-17(2,3)16(23)26-22-11-15-9-20(13-22,18(4,5)24)12-21(10-15,14-22)19(6,7)25;1-5-8(2,3)7(18)21-9(4)6-20-11(19,10(9,13)14)12(15,16)17;1-4-10(2,3)9(12)14-7-5-8(11)13-6-7/h19,38-39H,10-18H2,1-9H3;15,24-25H,8-14H2,1-7H3;19H,5-6H2,1-4H3;7H,4-6H2,1-3H3. The third-order valence-electron chi connectivity index (χ3n) is 25.4. The van der Waals surface area contributed by atoms with E-state index in [4.69, 9.17) is 28.4 Å². The molecule has 0 amide bonds. The van der Waals surface area contributed by atoms with Gasteiger partial charge in [0.15, 0.2) is 0 Å². The van der Waals surface area contributed by atoms with Crippen LogP contribution in [0.15, 0.2) is 0 Å². The summed E-state index contributed by atoms with van der Waals surface area (Å²) < 4.78 is 190. The van der Waals surface area contributed by atoms with Gasteiger partial charge in [0.1, 0.15) is 23.9 Å². The number of alkyl halides is 11. The van der Waals surface area contributed by atoms with E-state index in [1.807, 2.05) is 90.0 Å². The molecule has 18 nitrogen and oxygen atoms in total. The highest BCUT2D eigenvalue weighted by Gasteiger charge is 2.83. The summed E-state index contributed by atoms with van der Waals surface area (Å²) in [5, 5.41) is 51.6. The largest absolute Gasteiger partial charge is 0.462 e. The van der Waals surface area contributed by atoms with Crippen LogP contribution in [0.5, 0.6) is 0 Å². The summed E-state index contributed by atoms with van der Waals surface area (Å²) in [5.41, 5.74) is -20.2. The van der Waals surface area contributed by atoms with Crippen molar-refractivity contribution in [3.63, 3.8) is 0 Å². The highest BCUT2D eigenvalue weighted by molar-refractivity contribution is 5.78. The normalized spacial score (nSPS) is 32.5. The summed E-state index contributed by atoms with van der Waals surface area (Å²) in [6.07, 6.45) is -8.24. The lowest BCUT2D eigenvalue weighted by Crippen LogP contribution is -2.71. The average molecular weight is 1510 g/mol. The van der Waals surface area contributed by atoms with Crippen molar-refractivity contribution in [3.05, 3.63) is 0 Å². The van der Waals surface area contributed by atoms with Gasteiger partial charge in [-0.2, -0.15) is 48.3 Å². The molecule has 5 N–H and O–H groups in total. The van der Waals surface area contributed by atoms with Crippen LogP contribution in [0.3, 0.4) is 0 Å². The Labute approximate surface area is 600 Å². The van der Waals surface area contributed by atoms with E-state index in [0.29, 0.717) is 70.6 Å². The summed E-state index contributed by atoms with van der Waals surface area (Å²) in [5.74, 6) is -11.4. The number of halogens is 11. The molecule has 0 radical (unpaired) electrons. The fourth-order valence-corrected chi connectivity index (χ4v) is 16.5. The highest BCUT2D eigenvalue weighted by atomic mass is 19.4. The minimum absolute atomic E-state index is 0.0147. The van der Waals surface area contributed by atoms with E-state index in [1.165, 1.54) is 27.7 Å². The van der Waals surface area contributed by atoms with Gasteiger partial charge in [-0.3, -0.25) is 24.0 Å². The van der Waals surface area contributed by atoms with Gasteiger partial charge in [-0.15, -0.1) is 0 Å². The van der Waals surface area contributed by atoms with E-state index >= 15 is 0 Å². The van der Waals surface area contributed by atoms with Crippen molar-refractivity contribution < 1.29 is 136 Å². The first-order valence-corrected chi connectivity index (χ1v) is 35.9. The van der Waals surface area contributed by atoms with Crippen molar-refractivity contribution in [1.82, 2.24) is 0 Å². The van der Waals surface area contributed by atoms with Crippen molar-refractivity contribution in [2.24, 2.45) is 55.2 Å². The monoisotopic (exact) mass is 1500 g/mol. The predicted molar refractivity (Wildman–Crippen MR) is 354 cm³/mol. The Morgan fingerprint density at radius 2 is 0.816 bits per heavy atom. The summed E-state index contributed by atoms with van der Waals surface area (Å²) in [6.45, 7) is 36.1. The summed E-state index contributed by atoms with van der Waals surface area (Å²) in [6, 6.07) is 0. The molecule has 0 spiro atoms. The minimum atomic E-state index is -6.01. The zero-order valence-electron chi connectivity index (χ0n) is 64.8. The Morgan fingerprint density at radius 3 is 1.13 bits per heavy atom. The summed E-state index contributed by atoms with van der Waals surface area (Å²) in [7, 11) is 0. The first kappa shape index (κ1) is 89.9. The van der Waals surface area contributed by atoms with Gasteiger partial charge in [0, 0.05) is 21.7 Å². The molecule has 9 atom stereocenters. The molecule has 10 aliphatic rings. The Bertz CT molecular complexity index is 3020. The second-order valence-electron chi connectivity index (χ2n) is 37.2. The number of ether oxygens (including phenoxy) is 8. The topological polar surface area (TPSA) is 260 Å². The van der Waals surface area contributed by atoms with E-state index in [-0.39, 0.29) is 73.2 Å². The van der Waals surface area contributed by atoms with Gasteiger partial charge in [0.2, 0.25) is 5.60 Å².